The number of hydrogen-bond donors (Lipinski definition) is 1. The normalized spacial score (nSPS) is 14.2. The highest BCUT2D eigenvalue weighted by Gasteiger charge is 2.23. The average Bonchev–Trinajstić information content (AvgIpc) is 3.14. The van der Waals surface area contributed by atoms with Gasteiger partial charge in [-0.1, -0.05) is 12.1 Å². The quantitative estimate of drug-likeness (QED) is 0.705. The summed E-state index contributed by atoms with van der Waals surface area (Å²) in [7, 11) is -4.28. The number of aliphatic imine (C=N–C) groups is 1. The molecule has 0 spiro atoms. The van der Waals surface area contributed by atoms with Crippen molar-refractivity contribution in [1.82, 2.24) is 8.96 Å². The summed E-state index contributed by atoms with van der Waals surface area (Å²) in [5.74, 6) is -1.29. The summed E-state index contributed by atoms with van der Waals surface area (Å²) in [6.45, 7) is -0.560. The highest BCUT2D eigenvalue weighted by Crippen LogP contribution is 2.28. The molecule has 3 rings (SSSR count). The van der Waals surface area contributed by atoms with Gasteiger partial charge in [-0.05, 0) is 30.3 Å². The second kappa shape index (κ2) is 6.96. The van der Waals surface area contributed by atoms with Gasteiger partial charge in [-0.3, -0.25) is 9.98 Å². The Kier molecular flexibility index (Phi) is 3.48. The van der Waals surface area contributed by atoms with E-state index >= 15 is 0 Å². The highest BCUT2D eigenvalue weighted by molar-refractivity contribution is 7.90. The first-order valence-electron chi connectivity index (χ1n) is 8.95. The van der Waals surface area contributed by atoms with Crippen LogP contribution in [0.2, 0.25) is 0 Å². The first-order valence-corrected chi connectivity index (χ1v) is 8.39. The van der Waals surface area contributed by atoms with Crippen molar-refractivity contribution in [3.05, 3.63) is 72.3 Å². The molecule has 0 unspecified atom stereocenters. The van der Waals surface area contributed by atoms with Crippen molar-refractivity contribution < 1.29 is 23.4 Å². The van der Waals surface area contributed by atoms with E-state index < -0.39 is 52.3 Å². The molecule has 6 nitrogen and oxygen atoms in total. The van der Waals surface area contributed by atoms with Gasteiger partial charge in [0.15, 0.2) is 0 Å². The van der Waals surface area contributed by atoms with Crippen LogP contribution in [0.15, 0.2) is 70.8 Å². The van der Waals surface area contributed by atoms with E-state index in [1.807, 2.05) is 0 Å². The fraction of sp³-hybridized carbons (Fsp3) is 0.0588. The maximum Gasteiger partial charge on any atom is 0.269 e. The summed E-state index contributed by atoms with van der Waals surface area (Å²) in [6, 6.07) is 0.762. The molecule has 128 valence electrons. The SMILES string of the molecule is [2H]c1c([2H])c([2H])c(-c2cc(C=NCO)cn2S(=O)(=O)c2cccnc2)c(F)c1[2H]. The Morgan fingerprint density at radius 2 is 2.20 bits per heavy atom. The van der Waals surface area contributed by atoms with Crippen LogP contribution in [0, 0.1) is 5.82 Å². The maximum atomic E-state index is 14.8. The Bertz CT molecular complexity index is 1190. The molecule has 0 amide bonds. The standard InChI is InChI=1S/C17H14FN3O3S/c18-16-6-2-1-5-15(16)17-8-13(9-20-12-22)11-21(17)25(23,24)14-4-3-7-19-10-14/h1-11,22H,12H2/i1D,2D,5D,6D. The van der Waals surface area contributed by atoms with Crippen molar-refractivity contribution in [2.45, 2.75) is 4.90 Å². The van der Waals surface area contributed by atoms with Gasteiger partial charge in [0.25, 0.3) is 10.0 Å². The van der Waals surface area contributed by atoms with Crippen molar-refractivity contribution in [2.75, 3.05) is 6.73 Å². The van der Waals surface area contributed by atoms with Gasteiger partial charge in [-0.15, -0.1) is 0 Å². The minimum absolute atomic E-state index is 0.174. The fourth-order valence-corrected chi connectivity index (χ4v) is 3.48. The first kappa shape index (κ1) is 12.5. The number of aromatic nitrogens is 2. The number of hydrogen-bond acceptors (Lipinski definition) is 5. The van der Waals surface area contributed by atoms with E-state index in [1.54, 1.807) is 0 Å². The van der Waals surface area contributed by atoms with Crippen LogP contribution < -0.4 is 0 Å². The van der Waals surface area contributed by atoms with Crippen LogP contribution in [0.5, 0.6) is 0 Å². The zero-order chi connectivity index (χ0) is 21.3. The summed E-state index contributed by atoms with van der Waals surface area (Å²) < 4.78 is 72.8. The Balaban J connectivity index is 2.37. The van der Waals surface area contributed by atoms with Crippen LogP contribution >= 0.6 is 0 Å². The maximum absolute atomic E-state index is 14.8. The van der Waals surface area contributed by atoms with E-state index in [2.05, 4.69) is 9.98 Å². The molecule has 2 aromatic heterocycles. The molecule has 3 aromatic rings. The lowest BCUT2D eigenvalue weighted by atomic mass is 10.1. The molecule has 25 heavy (non-hydrogen) atoms. The lowest BCUT2D eigenvalue weighted by Crippen LogP contribution is -2.13. The number of nitrogens with zero attached hydrogens (tertiary/aromatic N) is 3. The molecule has 0 radical (unpaired) electrons. The van der Waals surface area contributed by atoms with Gasteiger partial charge in [0.05, 0.1) is 11.2 Å². The molecule has 1 aromatic carbocycles. The Labute approximate surface area is 149 Å². The second-order valence-corrected chi connectivity index (χ2v) is 6.61. The number of rotatable bonds is 5. The monoisotopic (exact) mass is 363 g/mol. The van der Waals surface area contributed by atoms with Gasteiger partial charge >= 0.3 is 0 Å². The molecular formula is C17H14FN3O3S. The minimum Gasteiger partial charge on any atom is -0.375 e. The molecule has 0 atom stereocenters. The number of aliphatic hydroxyl groups is 1. The average molecular weight is 363 g/mol. The Morgan fingerprint density at radius 3 is 2.92 bits per heavy atom. The van der Waals surface area contributed by atoms with Crippen LogP contribution in [-0.2, 0) is 10.0 Å². The zero-order valence-corrected chi connectivity index (χ0v) is 13.5. The molecule has 0 fully saturated rings. The van der Waals surface area contributed by atoms with Crippen molar-refractivity contribution in [2.24, 2.45) is 4.99 Å². The molecule has 0 aliphatic rings. The lowest BCUT2D eigenvalue weighted by molar-refractivity contribution is 0.310. The molecule has 1 N–H and O–H groups in total. The van der Waals surface area contributed by atoms with Crippen molar-refractivity contribution >= 4 is 16.2 Å². The van der Waals surface area contributed by atoms with E-state index in [9.17, 15) is 12.8 Å². The molecule has 0 saturated heterocycles. The van der Waals surface area contributed by atoms with Crippen LogP contribution in [-0.4, -0.2) is 35.4 Å². The lowest BCUT2D eigenvalue weighted by Gasteiger charge is -2.10. The predicted molar refractivity (Wildman–Crippen MR) is 91.3 cm³/mol. The van der Waals surface area contributed by atoms with E-state index in [4.69, 9.17) is 10.6 Å². The van der Waals surface area contributed by atoms with Crippen LogP contribution in [0.4, 0.5) is 4.39 Å². The summed E-state index contributed by atoms with van der Waals surface area (Å²) >= 11 is 0. The van der Waals surface area contributed by atoms with Gasteiger partial charge in [-0.25, -0.2) is 16.8 Å². The first-order chi connectivity index (χ1) is 13.7. The largest absolute Gasteiger partial charge is 0.375 e. The second-order valence-electron chi connectivity index (χ2n) is 4.79. The smallest absolute Gasteiger partial charge is 0.269 e. The topological polar surface area (TPSA) is 84.5 Å². The molecule has 0 saturated carbocycles. The predicted octanol–water partition coefficient (Wildman–Crippen LogP) is 2.29. The summed E-state index contributed by atoms with van der Waals surface area (Å²) in [4.78, 5) is 7.16. The fourth-order valence-electron chi connectivity index (χ4n) is 2.15. The third kappa shape index (κ3) is 3.35. The molecule has 2 heterocycles. The van der Waals surface area contributed by atoms with Gasteiger partial charge in [0.1, 0.15) is 17.4 Å². The summed E-state index contributed by atoms with van der Waals surface area (Å²) in [5.41, 5.74) is -0.752. The van der Waals surface area contributed by atoms with E-state index in [-0.39, 0.29) is 16.2 Å². The van der Waals surface area contributed by atoms with Crippen LogP contribution in [0.1, 0.15) is 11.0 Å². The van der Waals surface area contributed by atoms with Crippen molar-refractivity contribution in [3.8, 4) is 11.3 Å². The Morgan fingerprint density at radius 1 is 1.40 bits per heavy atom. The van der Waals surface area contributed by atoms with Gasteiger partial charge in [0.2, 0.25) is 0 Å². The van der Waals surface area contributed by atoms with Gasteiger partial charge in [-0.2, -0.15) is 0 Å². The number of halogens is 1. The van der Waals surface area contributed by atoms with Crippen LogP contribution in [0.25, 0.3) is 11.3 Å². The number of benzene rings is 1. The van der Waals surface area contributed by atoms with E-state index in [0.29, 0.717) is 3.97 Å². The van der Waals surface area contributed by atoms with Crippen LogP contribution in [0.3, 0.4) is 0 Å². The summed E-state index contributed by atoms with van der Waals surface area (Å²) in [6.07, 6.45) is 4.74. The Hall–Kier alpha value is -2.84. The van der Waals surface area contributed by atoms with E-state index in [1.165, 1.54) is 24.4 Å². The molecule has 8 heteroatoms. The van der Waals surface area contributed by atoms with Gasteiger partial charge < -0.3 is 5.11 Å². The van der Waals surface area contributed by atoms with Gasteiger partial charge in [0, 0.05) is 35.9 Å². The van der Waals surface area contributed by atoms with Crippen molar-refractivity contribution in [1.29, 1.82) is 0 Å². The molecule has 0 bridgehead atoms. The third-order valence-corrected chi connectivity index (χ3v) is 4.88. The highest BCUT2D eigenvalue weighted by atomic mass is 32.2. The number of aliphatic hydroxyl groups excluding tert-OH is 1. The van der Waals surface area contributed by atoms with Crippen molar-refractivity contribution in [3.63, 3.8) is 0 Å². The third-order valence-electron chi connectivity index (χ3n) is 3.22. The number of pyridine rings is 1. The minimum atomic E-state index is -4.28. The van der Waals surface area contributed by atoms with E-state index in [0.717, 1.165) is 18.6 Å². The molecule has 0 aliphatic heterocycles. The molecule has 0 aliphatic carbocycles. The molecular weight excluding hydrogens is 345 g/mol. The zero-order valence-electron chi connectivity index (χ0n) is 16.6. The summed E-state index contributed by atoms with van der Waals surface area (Å²) in [5, 5.41) is 8.86.